The summed E-state index contributed by atoms with van der Waals surface area (Å²) in [7, 11) is -4.52. The van der Waals surface area contributed by atoms with Gasteiger partial charge in [0.25, 0.3) is 15.9 Å². The van der Waals surface area contributed by atoms with Gasteiger partial charge in [-0.15, -0.1) is 0 Å². The molecule has 3 aromatic carbocycles. The van der Waals surface area contributed by atoms with Gasteiger partial charge in [0.2, 0.25) is 0 Å². The summed E-state index contributed by atoms with van der Waals surface area (Å²) in [6.07, 6.45) is 4.39. The quantitative estimate of drug-likeness (QED) is 0.190. The Hall–Kier alpha value is -5.51. The zero-order chi connectivity index (χ0) is 32.8. The molecular formula is C35H30N6O5S. The van der Waals surface area contributed by atoms with Gasteiger partial charge in [-0.2, -0.15) is 9.99 Å². The van der Waals surface area contributed by atoms with Gasteiger partial charge in [0.15, 0.2) is 17.9 Å². The first-order valence-electron chi connectivity index (χ1n) is 15.2. The summed E-state index contributed by atoms with van der Waals surface area (Å²) in [5.41, 5.74) is 0.774. The maximum Gasteiger partial charge on any atom is 0.273 e. The molecule has 12 heteroatoms. The number of fused-ring (bicyclic) bond motifs is 2. The van der Waals surface area contributed by atoms with E-state index in [0.29, 0.717) is 55.0 Å². The van der Waals surface area contributed by atoms with Crippen molar-refractivity contribution < 1.29 is 22.7 Å². The number of hydrogen-bond donors (Lipinski definition) is 0. The number of nitrogens with zero attached hydrogens (tertiary/aromatic N) is 6. The number of anilines is 2. The van der Waals surface area contributed by atoms with Gasteiger partial charge in [0.05, 0.1) is 29.4 Å². The number of ether oxygens (including phenoxy) is 1. The maximum absolute atomic E-state index is 15.4. The van der Waals surface area contributed by atoms with Gasteiger partial charge in [0.1, 0.15) is 10.6 Å². The predicted molar refractivity (Wildman–Crippen MR) is 175 cm³/mol. The first kappa shape index (κ1) is 30.2. The third-order valence-electron chi connectivity index (χ3n) is 8.82. The number of carbonyl (C=O) groups excluding carboxylic acids is 1. The highest BCUT2D eigenvalue weighted by Crippen LogP contribution is 2.53. The lowest BCUT2D eigenvalue weighted by Crippen LogP contribution is -2.60. The molecule has 1 atom stereocenters. The molecule has 2 aromatic heterocycles. The van der Waals surface area contributed by atoms with Crippen LogP contribution >= 0.6 is 0 Å². The Morgan fingerprint density at radius 1 is 0.957 bits per heavy atom. The van der Waals surface area contributed by atoms with E-state index in [0.717, 1.165) is 14.7 Å². The normalized spacial score (nSPS) is 18.3. The van der Waals surface area contributed by atoms with Crippen LogP contribution in [0.25, 0.3) is 10.9 Å². The average Bonchev–Trinajstić information content (AvgIpc) is 3.37. The number of benzene rings is 3. The van der Waals surface area contributed by atoms with Crippen LogP contribution in [0.3, 0.4) is 0 Å². The average molecular weight is 647 g/mol. The zero-order valence-corrected chi connectivity index (χ0v) is 26.3. The van der Waals surface area contributed by atoms with E-state index in [1.54, 1.807) is 66.7 Å². The fourth-order valence-electron chi connectivity index (χ4n) is 6.76. The van der Waals surface area contributed by atoms with Crippen LogP contribution in [0.15, 0.2) is 108 Å². The van der Waals surface area contributed by atoms with Gasteiger partial charge in [-0.3, -0.25) is 14.7 Å². The van der Waals surface area contributed by atoms with Gasteiger partial charge in [-0.1, -0.05) is 36.4 Å². The summed E-state index contributed by atoms with van der Waals surface area (Å²) in [5, 5.41) is 22.3. The zero-order valence-electron chi connectivity index (χ0n) is 25.5. The summed E-state index contributed by atoms with van der Waals surface area (Å²) >= 11 is 0. The van der Waals surface area contributed by atoms with E-state index in [-0.39, 0.29) is 21.7 Å². The highest BCUT2D eigenvalue weighted by atomic mass is 32.2. The number of hydrogen-bond acceptors (Lipinski definition) is 9. The van der Waals surface area contributed by atoms with Crippen molar-refractivity contribution in [1.82, 2.24) is 9.88 Å². The van der Waals surface area contributed by atoms with Gasteiger partial charge < -0.3 is 14.8 Å². The SMILES string of the molecule is CCOc1ccccc1C1(N2CCN(c3cc[n+]([O-])cc3)CC2)C(=O)N(S(=O)(=O)c2cccc3cccnc23)c2ccc(C#N)cc21. The lowest BCUT2D eigenvalue weighted by Gasteiger charge is -2.46. The second-order valence-corrected chi connectivity index (χ2v) is 13.0. The first-order valence-corrected chi connectivity index (χ1v) is 16.6. The molecule has 0 saturated carbocycles. The van der Waals surface area contributed by atoms with Gasteiger partial charge >= 0.3 is 0 Å². The summed E-state index contributed by atoms with van der Waals surface area (Å²) < 4.78 is 37.2. The maximum atomic E-state index is 15.4. The van der Waals surface area contributed by atoms with Crippen LogP contribution in [0.2, 0.25) is 0 Å². The smallest absolute Gasteiger partial charge is 0.273 e. The number of piperazine rings is 1. The molecule has 5 aromatic rings. The summed E-state index contributed by atoms with van der Waals surface area (Å²) in [6.45, 7) is 3.86. The van der Waals surface area contributed by atoms with Crippen LogP contribution in [-0.2, 0) is 20.4 Å². The number of para-hydroxylation sites is 2. The van der Waals surface area contributed by atoms with Crippen LogP contribution in [-0.4, -0.2) is 57.0 Å². The minimum Gasteiger partial charge on any atom is -0.619 e. The van der Waals surface area contributed by atoms with Crippen molar-refractivity contribution in [2.24, 2.45) is 0 Å². The molecule has 47 heavy (non-hydrogen) atoms. The van der Waals surface area contributed by atoms with Crippen LogP contribution in [0.1, 0.15) is 23.6 Å². The topological polar surface area (TPSA) is 134 Å². The Morgan fingerprint density at radius 2 is 1.70 bits per heavy atom. The Kier molecular flexibility index (Phi) is 7.50. The van der Waals surface area contributed by atoms with Crippen molar-refractivity contribution in [2.75, 3.05) is 42.0 Å². The molecule has 236 valence electrons. The molecule has 2 aliphatic heterocycles. The fourth-order valence-corrected chi connectivity index (χ4v) is 8.40. The number of amides is 1. The number of aromatic nitrogens is 2. The first-order chi connectivity index (χ1) is 22.8. The Balaban J connectivity index is 1.44. The van der Waals surface area contributed by atoms with Crippen LogP contribution in [0.5, 0.6) is 5.75 Å². The van der Waals surface area contributed by atoms with Crippen molar-refractivity contribution in [1.29, 1.82) is 5.26 Å². The van der Waals surface area contributed by atoms with Crippen molar-refractivity contribution in [3.8, 4) is 11.8 Å². The van der Waals surface area contributed by atoms with Crippen molar-refractivity contribution in [3.05, 3.63) is 125 Å². The lowest BCUT2D eigenvalue weighted by molar-refractivity contribution is -0.605. The number of pyridine rings is 2. The largest absolute Gasteiger partial charge is 0.619 e. The minimum absolute atomic E-state index is 0.0994. The van der Waals surface area contributed by atoms with E-state index in [1.807, 2.05) is 11.8 Å². The third-order valence-corrected chi connectivity index (χ3v) is 10.6. The van der Waals surface area contributed by atoms with E-state index in [1.165, 1.54) is 36.8 Å². The molecule has 1 fully saturated rings. The predicted octanol–water partition coefficient (Wildman–Crippen LogP) is 3.94. The van der Waals surface area contributed by atoms with E-state index < -0.39 is 21.5 Å². The van der Waals surface area contributed by atoms with E-state index in [4.69, 9.17) is 4.74 Å². The summed E-state index contributed by atoms with van der Waals surface area (Å²) in [4.78, 5) is 23.8. The molecule has 0 N–H and O–H groups in total. The number of rotatable bonds is 7. The van der Waals surface area contributed by atoms with Gasteiger partial charge in [0, 0.05) is 66.7 Å². The Morgan fingerprint density at radius 3 is 2.45 bits per heavy atom. The number of carbonyl (C=O) groups is 1. The standard InChI is InChI=1S/C35H30N6O5S/c1-2-46-31-10-4-3-9-28(31)35(39-21-19-38(20-22-39)27-14-17-40(43)18-15-27)29-23-25(24-36)12-13-30(29)41(34(35)42)47(44,45)32-11-5-7-26-8-6-16-37-33(26)32/h3-18,23H,2,19-22H2,1H3. The third kappa shape index (κ3) is 4.74. The summed E-state index contributed by atoms with van der Waals surface area (Å²) in [6, 6.07) is 25.8. The molecule has 2 aliphatic rings. The summed E-state index contributed by atoms with van der Waals surface area (Å²) in [5.74, 6) is -0.253. The van der Waals surface area contributed by atoms with Crippen molar-refractivity contribution in [3.63, 3.8) is 0 Å². The van der Waals surface area contributed by atoms with E-state index in [9.17, 15) is 18.9 Å². The van der Waals surface area contributed by atoms with Crippen molar-refractivity contribution in [2.45, 2.75) is 17.4 Å². The molecule has 1 saturated heterocycles. The van der Waals surface area contributed by atoms with Crippen molar-refractivity contribution >= 4 is 38.2 Å². The molecular weight excluding hydrogens is 616 g/mol. The molecule has 0 bridgehead atoms. The number of nitriles is 1. The minimum atomic E-state index is -4.52. The molecule has 1 unspecified atom stereocenters. The molecule has 0 spiro atoms. The molecule has 0 radical (unpaired) electrons. The van der Waals surface area contributed by atoms with E-state index >= 15 is 4.79 Å². The Labute approximate surface area is 272 Å². The highest BCUT2D eigenvalue weighted by molar-refractivity contribution is 7.93. The van der Waals surface area contributed by atoms with Gasteiger partial charge in [-0.05, 0) is 43.3 Å². The molecule has 0 aliphatic carbocycles. The molecule has 4 heterocycles. The monoisotopic (exact) mass is 646 g/mol. The molecule has 1 amide bonds. The molecule has 11 nitrogen and oxygen atoms in total. The second kappa shape index (κ2) is 11.7. The second-order valence-electron chi connectivity index (χ2n) is 11.3. The molecule has 7 rings (SSSR count). The van der Waals surface area contributed by atoms with Gasteiger partial charge in [-0.25, -0.2) is 12.7 Å². The lowest BCUT2D eigenvalue weighted by atomic mass is 9.80. The number of sulfonamides is 1. The highest BCUT2D eigenvalue weighted by Gasteiger charge is 2.60. The van der Waals surface area contributed by atoms with E-state index in [2.05, 4.69) is 16.0 Å². The van der Waals surface area contributed by atoms with Crippen LogP contribution < -0.4 is 18.7 Å². The fraction of sp³-hybridized carbons (Fsp3) is 0.200. The van der Waals surface area contributed by atoms with Crippen LogP contribution in [0, 0.1) is 16.5 Å². The Bertz CT molecular complexity index is 2150. The van der Waals surface area contributed by atoms with Crippen LogP contribution in [0.4, 0.5) is 11.4 Å².